The third kappa shape index (κ3) is 5.70. The largest absolute Gasteiger partial charge is 0.384 e. The van der Waals surface area contributed by atoms with Crippen LogP contribution in [-0.4, -0.2) is 49.0 Å². The molecule has 5 nitrogen and oxygen atoms in total. The summed E-state index contributed by atoms with van der Waals surface area (Å²) in [4.78, 5) is 18.2. The number of nitrogens with zero attached hydrogens (tertiary/aromatic N) is 2. The van der Waals surface area contributed by atoms with Crippen LogP contribution in [0.2, 0.25) is 0 Å². The van der Waals surface area contributed by atoms with Crippen molar-refractivity contribution in [2.24, 2.45) is 0 Å². The number of anilines is 1. The SMILES string of the molecule is CCNc1ccc(C(=O)NC(C)CCN(C)C)nc1. The van der Waals surface area contributed by atoms with E-state index in [2.05, 4.69) is 20.5 Å². The molecule has 1 heterocycles. The summed E-state index contributed by atoms with van der Waals surface area (Å²) in [5.41, 5.74) is 1.39. The third-order valence-corrected chi connectivity index (χ3v) is 2.76. The maximum absolute atomic E-state index is 12.0. The Hall–Kier alpha value is -1.62. The van der Waals surface area contributed by atoms with Crippen molar-refractivity contribution in [3.8, 4) is 0 Å². The van der Waals surface area contributed by atoms with Crippen LogP contribution in [0, 0.1) is 0 Å². The number of aromatic nitrogens is 1. The van der Waals surface area contributed by atoms with Crippen LogP contribution < -0.4 is 10.6 Å². The Labute approximate surface area is 115 Å². The lowest BCUT2D eigenvalue weighted by atomic mass is 10.2. The first-order valence-corrected chi connectivity index (χ1v) is 6.68. The first kappa shape index (κ1) is 15.4. The predicted octanol–water partition coefficient (Wildman–Crippen LogP) is 1.58. The number of pyridine rings is 1. The molecule has 0 saturated carbocycles. The van der Waals surface area contributed by atoms with Crippen LogP contribution in [-0.2, 0) is 0 Å². The molecule has 0 radical (unpaired) electrons. The van der Waals surface area contributed by atoms with E-state index < -0.39 is 0 Å². The summed E-state index contributed by atoms with van der Waals surface area (Å²) >= 11 is 0. The number of hydrogen-bond acceptors (Lipinski definition) is 4. The molecule has 0 aliphatic carbocycles. The molecule has 0 aliphatic heterocycles. The number of amides is 1. The van der Waals surface area contributed by atoms with Gasteiger partial charge < -0.3 is 15.5 Å². The first-order chi connectivity index (χ1) is 9.02. The van der Waals surface area contributed by atoms with E-state index in [9.17, 15) is 4.79 Å². The van der Waals surface area contributed by atoms with Crippen molar-refractivity contribution < 1.29 is 4.79 Å². The van der Waals surface area contributed by atoms with E-state index in [-0.39, 0.29) is 11.9 Å². The molecule has 1 unspecified atom stereocenters. The molecule has 0 saturated heterocycles. The zero-order valence-corrected chi connectivity index (χ0v) is 12.2. The molecule has 0 fully saturated rings. The number of hydrogen-bond donors (Lipinski definition) is 2. The number of nitrogens with one attached hydrogen (secondary N) is 2. The standard InChI is InChI=1S/C14H24N4O/c1-5-15-12-6-7-13(16-10-12)14(19)17-11(2)8-9-18(3)4/h6-7,10-11,15H,5,8-9H2,1-4H3,(H,17,19). The second kappa shape index (κ2) is 7.74. The van der Waals surface area contributed by atoms with Crippen LogP contribution in [0.3, 0.4) is 0 Å². The van der Waals surface area contributed by atoms with Gasteiger partial charge in [-0.25, -0.2) is 4.98 Å². The first-order valence-electron chi connectivity index (χ1n) is 6.68. The van der Waals surface area contributed by atoms with Gasteiger partial charge in [0.1, 0.15) is 5.69 Å². The molecule has 19 heavy (non-hydrogen) atoms. The average molecular weight is 264 g/mol. The highest BCUT2D eigenvalue weighted by atomic mass is 16.1. The minimum atomic E-state index is -0.116. The maximum Gasteiger partial charge on any atom is 0.270 e. The smallest absolute Gasteiger partial charge is 0.270 e. The van der Waals surface area contributed by atoms with Gasteiger partial charge in [-0.15, -0.1) is 0 Å². The van der Waals surface area contributed by atoms with Gasteiger partial charge in [-0.1, -0.05) is 0 Å². The lowest BCUT2D eigenvalue weighted by molar-refractivity contribution is 0.0932. The van der Waals surface area contributed by atoms with Gasteiger partial charge in [0.05, 0.1) is 11.9 Å². The van der Waals surface area contributed by atoms with Crippen molar-refractivity contribution in [1.29, 1.82) is 0 Å². The molecule has 1 rings (SSSR count). The molecule has 1 amide bonds. The number of carbonyl (C=O) groups excluding carboxylic acids is 1. The van der Waals surface area contributed by atoms with E-state index >= 15 is 0 Å². The third-order valence-electron chi connectivity index (χ3n) is 2.76. The van der Waals surface area contributed by atoms with Gasteiger partial charge in [-0.3, -0.25) is 4.79 Å². The second-order valence-corrected chi connectivity index (χ2v) is 4.93. The molecular formula is C14H24N4O. The summed E-state index contributed by atoms with van der Waals surface area (Å²) in [5, 5.41) is 6.10. The van der Waals surface area contributed by atoms with Gasteiger partial charge in [0, 0.05) is 12.6 Å². The Bertz CT molecular complexity index is 389. The molecule has 2 N–H and O–H groups in total. The molecule has 1 aromatic rings. The number of rotatable bonds is 7. The summed E-state index contributed by atoms with van der Waals surface area (Å²) in [6.45, 7) is 5.82. The van der Waals surface area contributed by atoms with Crippen LogP contribution in [0.15, 0.2) is 18.3 Å². The van der Waals surface area contributed by atoms with E-state index in [4.69, 9.17) is 0 Å². The fraction of sp³-hybridized carbons (Fsp3) is 0.571. The van der Waals surface area contributed by atoms with Crippen molar-refractivity contribution in [3.63, 3.8) is 0 Å². The van der Waals surface area contributed by atoms with E-state index in [1.807, 2.05) is 34.0 Å². The van der Waals surface area contributed by atoms with Gasteiger partial charge in [0.25, 0.3) is 5.91 Å². The van der Waals surface area contributed by atoms with E-state index in [0.717, 1.165) is 25.2 Å². The highest BCUT2D eigenvalue weighted by molar-refractivity contribution is 5.92. The summed E-state index contributed by atoms with van der Waals surface area (Å²) < 4.78 is 0. The van der Waals surface area contributed by atoms with Gasteiger partial charge in [0.15, 0.2) is 0 Å². The lowest BCUT2D eigenvalue weighted by Gasteiger charge is -2.16. The molecule has 0 aromatic carbocycles. The van der Waals surface area contributed by atoms with Crippen LogP contribution in [0.25, 0.3) is 0 Å². The molecule has 0 bridgehead atoms. The molecule has 1 aromatic heterocycles. The number of carbonyl (C=O) groups is 1. The van der Waals surface area contributed by atoms with Crippen molar-refractivity contribution >= 4 is 11.6 Å². The van der Waals surface area contributed by atoms with Gasteiger partial charge >= 0.3 is 0 Å². The average Bonchev–Trinajstić information content (AvgIpc) is 2.37. The van der Waals surface area contributed by atoms with Crippen molar-refractivity contribution in [3.05, 3.63) is 24.0 Å². The zero-order chi connectivity index (χ0) is 14.3. The molecule has 1 atom stereocenters. The fourth-order valence-corrected chi connectivity index (χ4v) is 1.66. The van der Waals surface area contributed by atoms with Gasteiger partial charge in [-0.05, 0) is 53.0 Å². The van der Waals surface area contributed by atoms with Crippen molar-refractivity contribution in [1.82, 2.24) is 15.2 Å². The minimum Gasteiger partial charge on any atom is -0.384 e. The summed E-state index contributed by atoms with van der Waals surface area (Å²) in [6.07, 6.45) is 2.61. The normalized spacial score (nSPS) is 12.3. The van der Waals surface area contributed by atoms with Crippen LogP contribution in [0.1, 0.15) is 30.8 Å². The van der Waals surface area contributed by atoms with E-state index in [1.54, 1.807) is 12.3 Å². The summed E-state index contributed by atoms with van der Waals surface area (Å²) in [5.74, 6) is -0.116. The molecule has 0 spiro atoms. The molecule has 5 heteroatoms. The Morgan fingerprint density at radius 3 is 2.68 bits per heavy atom. The Morgan fingerprint density at radius 1 is 1.42 bits per heavy atom. The van der Waals surface area contributed by atoms with E-state index in [0.29, 0.717) is 5.69 Å². The minimum absolute atomic E-state index is 0.116. The Balaban J connectivity index is 2.48. The predicted molar refractivity (Wildman–Crippen MR) is 78.5 cm³/mol. The highest BCUT2D eigenvalue weighted by Gasteiger charge is 2.11. The zero-order valence-electron chi connectivity index (χ0n) is 12.2. The highest BCUT2D eigenvalue weighted by Crippen LogP contribution is 2.06. The Kier molecular flexibility index (Phi) is 6.29. The molecule has 106 valence electrons. The monoisotopic (exact) mass is 264 g/mol. The van der Waals surface area contributed by atoms with E-state index in [1.165, 1.54) is 0 Å². The second-order valence-electron chi connectivity index (χ2n) is 4.93. The van der Waals surface area contributed by atoms with Gasteiger partial charge in [-0.2, -0.15) is 0 Å². The lowest BCUT2D eigenvalue weighted by Crippen LogP contribution is -2.35. The van der Waals surface area contributed by atoms with Gasteiger partial charge in [0.2, 0.25) is 0 Å². The maximum atomic E-state index is 12.0. The van der Waals surface area contributed by atoms with Crippen LogP contribution >= 0.6 is 0 Å². The van der Waals surface area contributed by atoms with Crippen molar-refractivity contribution in [2.75, 3.05) is 32.5 Å². The summed E-state index contributed by atoms with van der Waals surface area (Å²) in [7, 11) is 4.05. The summed E-state index contributed by atoms with van der Waals surface area (Å²) in [6, 6.07) is 3.76. The topological polar surface area (TPSA) is 57.3 Å². The van der Waals surface area contributed by atoms with Crippen LogP contribution in [0.5, 0.6) is 0 Å². The van der Waals surface area contributed by atoms with Crippen LogP contribution in [0.4, 0.5) is 5.69 Å². The molecule has 0 aliphatic rings. The molecular weight excluding hydrogens is 240 g/mol. The fourth-order valence-electron chi connectivity index (χ4n) is 1.66. The quantitative estimate of drug-likeness (QED) is 0.785. The Morgan fingerprint density at radius 2 is 2.16 bits per heavy atom. The van der Waals surface area contributed by atoms with Crippen molar-refractivity contribution in [2.45, 2.75) is 26.3 Å².